The number of benzene rings is 2. The molecule has 31 heavy (non-hydrogen) atoms. The van der Waals surface area contributed by atoms with Crippen LogP contribution < -0.4 is 14.8 Å². The zero-order valence-electron chi connectivity index (χ0n) is 16.8. The molecule has 0 aliphatic carbocycles. The molecule has 2 heterocycles. The van der Waals surface area contributed by atoms with Crippen molar-refractivity contribution < 1.29 is 18.7 Å². The molecule has 8 heteroatoms. The second-order valence-electron chi connectivity index (χ2n) is 6.75. The summed E-state index contributed by atoms with van der Waals surface area (Å²) < 4.78 is 25.9. The number of hydrogen-bond donors (Lipinski definition) is 1. The standard InChI is InChI=1S/C23H20FN3O3S/c1-15(28)27-16-6-4-7-17(12-16)29-10-5-11-30-22-21-19(13-31-23(21)26-14-25-22)18-8-2-3-9-20(18)24/h2-4,6-9,12-14H,5,10-11H2,1H3,(H,27,28). The molecule has 0 fully saturated rings. The highest BCUT2D eigenvalue weighted by Gasteiger charge is 2.16. The maximum Gasteiger partial charge on any atom is 0.225 e. The van der Waals surface area contributed by atoms with E-state index in [4.69, 9.17) is 9.47 Å². The summed E-state index contributed by atoms with van der Waals surface area (Å²) in [6.07, 6.45) is 2.07. The van der Waals surface area contributed by atoms with Gasteiger partial charge in [0.05, 0.1) is 18.6 Å². The van der Waals surface area contributed by atoms with Crippen molar-refractivity contribution in [2.75, 3.05) is 18.5 Å². The summed E-state index contributed by atoms with van der Waals surface area (Å²) in [5.74, 6) is 0.657. The minimum Gasteiger partial charge on any atom is -0.493 e. The molecule has 4 rings (SSSR count). The summed E-state index contributed by atoms with van der Waals surface area (Å²) >= 11 is 1.43. The van der Waals surface area contributed by atoms with Crippen molar-refractivity contribution in [3.8, 4) is 22.8 Å². The van der Waals surface area contributed by atoms with E-state index in [0.29, 0.717) is 47.9 Å². The van der Waals surface area contributed by atoms with E-state index < -0.39 is 0 Å². The molecule has 2 aromatic carbocycles. The van der Waals surface area contributed by atoms with Crippen LogP contribution in [0.1, 0.15) is 13.3 Å². The first kappa shape index (κ1) is 20.7. The van der Waals surface area contributed by atoms with Crippen LogP contribution in [0.15, 0.2) is 60.2 Å². The van der Waals surface area contributed by atoms with Crippen LogP contribution in [0.25, 0.3) is 21.3 Å². The van der Waals surface area contributed by atoms with E-state index in [1.54, 1.807) is 30.3 Å². The van der Waals surface area contributed by atoms with E-state index in [0.717, 1.165) is 10.4 Å². The molecule has 0 spiro atoms. The third-order valence-electron chi connectivity index (χ3n) is 4.45. The number of nitrogens with one attached hydrogen (secondary N) is 1. The Labute approximate surface area is 182 Å². The van der Waals surface area contributed by atoms with E-state index in [2.05, 4.69) is 15.3 Å². The summed E-state index contributed by atoms with van der Waals surface area (Å²) in [5, 5.41) is 5.30. The average Bonchev–Trinajstić information content (AvgIpc) is 3.18. The topological polar surface area (TPSA) is 73.3 Å². The fraction of sp³-hybridized carbons (Fsp3) is 0.174. The van der Waals surface area contributed by atoms with Gasteiger partial charge in [0.2, 0.25) is 11.8 Å². The fourth-order valence-corrected chi connectivity index (χ4v) is 4.02. The zero-order valence-corrected chi connectivity index (χ0v) is 17.6. The number of fused-ring (bicyclic) bond motifs is 1. The number of rotatable bonds is 8. The van der Waals surface area contributed by atoms with E-state index in [9.17, 15) is 9.18 Å². The van der Waals surface area contributed by atoms with E-state index >= 15 is 0 Å². The maximum absolute atomic E-state index is 14.3. The minimum absolute atomic E-state index is 0.134. The molecule has 0 saturated heterocycles. The van der Waals surface area contributed by atoms with E-state index in [-0.39, 0.29) is 11.7 Å². The zero-order chi connectivity index (χ0) is 21.6. The van der Waals surface area contributed by atoms with Crippen molar-refractivity contribution in [3.05, 3.63) is 66.1 Å². The quantitative estimate of drug-likeness (QED) is 0.379. The molecule has 6 nitrogen and oxygen atoms in total. The van der Waals surface area contributed by atoms with Gasteiger partial charge in [0, 0.05) is 41.6 Å². The lowest BCUT2D eigenvalue weighted by atomic mass is 10.1. The van der Waals surface area contributed by atoms with Crippen LogP contribution in [0.4, 0.5) is 10.1 Å². The largest absolute Gasteiger partial charge is 0.493 e. The Balaban J connectivity index is 1.39. The molecule has 0 saturated carbocycles. The van der Waals surface area contributed by atoms with Gasteiger partial charge in [0.1, 0.15) is 22.7 Å². The molecule has 4 aromatic rings. The molecule has 1 N–H and O–H groups in total. The Morgan fingerprint density at radius 2 is 1.90 bits per heavy atom. The highest BCUT2D eigenvalue weighted by atomic mass is 32.1. The van der Waals surface area contributed by atoms with Crippen LogP contribution in [-0.4, -0.2) is 29.1 Å². The predicted octanol–water partition coefficient (Wildman–Crippen LogP) is 5.30. The van der Waals surface area contributed by atoms with Gasteiger partial charge >= 0.3 is 0 Å². The third-order valence-corrected chi connectivity index (χ3v) is 5.34. The molecule has 0 bridgehead atoms. The average molecular weight is 437 g/mol. The summed E-state index contributed by atoms with van der Waals surface area (Å²) in [5.41, 5.74) is 1.90. The Hall–Kier alpha value is -3.52. The minimum atomic E-state index is -0.299. The monoisotopic (exact) mass is 437 g/mol. The van der Waals surface area contributed by atoms with Crippen molar-refractivity contribution >= 4 is 33.1 Å². The number of anilines is 1. The smallest absolute Gasteiger partial charge is 0.225 e. The molecular formula is C23H20FN3O3S. The Morgan fingerprint density at radius 1 is 1.06 bits per heavy atom. The number of carbonyl (C=O) groups is 1. The first-order valence-electron chi connectivity index (χ1n) is 9.72. The van der Waals surface area contributed by atoms with Crippen molar-refractivity contribution in [3.63, 3.8) is 0 Å². The highest BCUT2D eigenvalue weighted by Crippen LogP contribution is 2.38. The molecule has 0 aliphatic rings. The van der Waals surface area contributed by atoms with Crippen molar-refractivity contribution in [2.24, 2.45) is 0 Å². The maximum atomic E-state index is 14.3. The molecule has 0 aliphatic heterocycles. The molecule has 0 radical (unpaired) electrons. The van der Waals surface area contributed by atoms with Crippen molar-refractivity contribution in [1.82, 2.24) is 9.97 Å². The van der Waals surface area contributed by atoms with Gasteiger partial charge in [-0.3, -0.25) is 4.79 Å². The van der Waals surface area contributed by atoms with Crippen LogP contribution in [0.5, 0.6) is 11.6 Å². The lowest BCUT2D eigenvalue weighted by Crippen LogP contribution is -2.07. The molecule has 0 unspecified atom stereocenters. The number of thiophene rings is 1. The highest BCUT2D eigenvalue weighted by molar-refractivity contribution is 7.17. The molecule has 158 valence electrons. The van der Waals surface area contributed by atoms with Gasteiger partial charge in [-0.2, -0.15) is 0 Å². The van der Waals surface area contributed by atoms with E-state index in [1.165, 1.54) is 30.7 Å². The van der Waals surface area contributed by atoms with Gasteiger partial charge in [0.25, 0.3) is 0 Å². The lowest BCUT2D eigenvalue weighted by Gasteiger charge is -2.10. The first-order chi connectivity index (χ1) is 15.1. The molecule has 1 amide bonds. The number of ether oxygens (including phenoxy) is 2. The predicted molar refractivity (Wildman–Crippen MR) is 119 cm³/mol. The fourth-order valence-electron chi connectivity index (χ4n) is 3.12. The lowest BCUT2D eigenvalue weighted by molar-refractivity contribution is -0.114. The van der Waals surface area contributed by atoms with Gasteiger partial charge in [0.15, 0.2) is 0 Å². The van der Waals surface area contributed by atoms with Gasteiger partial charge in [-0.05, 0) is 18.2 Å². The van der Waals surface area contributed by atoms with Gasteiger partial charge < -0.3 is 14.8 Å². The Bertz CT molecular complexity index is 1210. The molecular weight excluding hydrogens is 417 g/mol. The first-order valence-corrected chi connectivity index (χ1v) is 10.6. The molecule has 2 aromatic heterocycles. The Kier molecular flexibility index (Phi) is 6.37. The number of amides is 1. The second kappa shape index (κ2) is 9.53. The van der Waals surface area contributed by atoms with Crippen LogP contribution >= 0.6 is 11.3 Å². The van der Waals surface area contributed by atoms with E-state index in [1.807, 2.05) is 17.5 Å². The number of carbonyl (C=O) groups excluding carboxylic acids is 1. The second-order valence-corrected chi connectivity index (χ2v) is 7.61. The summed E-state index contributed by atoms with van der Waals surface area (Å²) in [4.78, 5) is 20.5. The normalized spacial score (nSPS) is 10.8. The SMILES string of the molecule is CC(=O)Nc1cccc(OCCCOc2ncnc3scc(-c4ccccc4F)c23)c1. The van der Waals surface area contributed by atoms with Gasteiger partial charge in [-0.15, -0.1) is 11.3 Å². The van der Waals surface area contributed by atoms with Gasteiger partial charge in [-0.25, -0.2) is 14.4 Å². The molecule has 0 atom stereocenters. The van der Waals surface area contributed by atoms with Crippen LogP contribution in [0.3, 0.4) is 0 Å². The Morgan fingerprint density at radius 3 is 2.74 bits per heavy atom. The summed E-state index contributed by atoms with van der Waals surface area (Å²) in [6.45, 7) is 2.27. The van der Waals surface area contributed by atoms with Crippen LogP contribution in [0.2, 0.25) is 0 Å². The number of aromatic nitrogens is 2. The number of nitrogens with zero attached hydrogens (tertiary/aromatic N) is 2. The van der Waals surface area contributed by atoms with Crippen LogP contribution in [0, 0.1) is 5.82 Å². The third kappa shape index (κ3) is 4.97. The summed E-state index contributed by atoms with van der Waals surface area (Å²) in [6, 6.07) is 13.8. The van der Waals surface area contributed by atoms with Crippen LogP contribution in [-0.2, 0) is 4.79 Å². The van der Waals surface area contributed by atoms with Crippen molar-refractivity contribution in [1.29, 1.82) is 0 Å². The summed E-state index contributed by atoms with van der Waals surface area (Å²) in [7, 11) is 0. The van der Waals surface area contributed by atoms with Crippen molar-refractivity contribution in [2.45, 2.75) is 13.3 Å². The number of halogens is 1. The van der Waals surface area contributed by atoms with Gasteiger partial charge in [-0.1, -0.05) is 24.3 Å². The number of hydrogen-bond acceptors (Lipinski definition) is 6.